The van der Waals surface area contributed by atoms with E-state index in [1.807, 2.05) is 0 Å². The van der Waals surface area contributed by atoms with Gasteiger partial charge in [-0.15, -0.1) is 0 Å². The maximum Gasteiger partial charge on any atom is 0.488 e. The molecule has 0 fully saturated rings. The number of pyridine rings is 2. The molecule has 2 unspecified atom stereocenters. The van der Waals surface area contributed by atoms with Crippen molar-refractivity contribution in [3.8, 4) is 45.5 Å². The van der Waals surface area contributed by atoms with Gasteiger partial charge in [-0.2, -0.15) is 19.8 Å². The van der Waals surface area contributed by atoms with Crippen LogP contribution in [0.15, 0.2) is 174 Å². The predicted octanol–water partition coefficient (Wildman–Crippen LogP) is 8.98. The zero-order valence-electron chi connectivity index (χ0n) is 43.1. The van der Waals surface area contributed by atoms with Gasteiger partial charge < -0.3 is 38.0 Å². The predicted molar refractivity (Wildman–Crippen MR) is 319 cm³/mol. The second-order valence-electron chi connectivity index (χ2n) is 16.5. The standard InChI is InChI=1S/C26H19ClFN3O6S.C19H13ClFN3O5S.C7H8BClO3.2H3P/c1-35-23-7-3-15(12-19(23)27)18-13-24(36-2)22(14-20(18)28)31-21-6-5-17(11-16(21)4-8-26(31)32)38(33,34)30-25-9-10-37-29-25;1-28-17-9-13(20)14(21)10-16(17)24-15-4-3-12(8-11(15)2-5-19(24)25)30(26,27)23-18-6-7-29-22-18;1-12-7-3-2-5(8(10)11)4-6(7)9;;/h3-14H,1-2H3,(H,29,30);2-10H,1H3,(H,22,23);2-4,10-11H,1H3;2*1H3. The SMILES string of the molecule is COc1cc(Cl)c(F)cc1-n1c(=O)ccc2cc(S(=O)(=O)Nc3ccon3)ccc21.COc1ccc(-c2cc(OC)c(-n3c(=O)ccc4cc(S(=O)(=O)Nc5ccon5)ccc43)cc2F)cc1Cl.COc1ccc(B(O)O)cc1Cl.P.P. The van der Waals surface area contributed by atoms with E-state index in [4.69, 9.17) is 63.8 Å². The van der Waals surface area contributed by atoms with E-state index in [-0.39, 0.29) is 74.7 Å². The smallest absolute Gasteiger partial charge is 0.488 e. The van der Waals surface area contributed by atoms with Crippen molar-refractivity contribution in [1.29, 1.82) is 0 Å². The van der Waals surface area contributed by atoms with Gasteiger partial charge in [0.05, 0.1) is 75.7 Å². The van der Waals surface area contributed by atoms with Crippen LogP contribution >= 0.6 is 54.6 Å². The molecular weight excluding hydrogens is 1210 g/mol. The van der Waals surface area contributed by atoms with Gasteiger partial charge in [-0.3, -0.25) is 28.2 Å². The highest BCUT2D eigenvalue weighted by molar-refractivity contribution is 7.93. The summed E-state index contributed by atoms with van der Waals surface area (Å²) in [6.07, 6.45) is 2.47. The van der Waals surface area contributed by atoms with Gasteiger partial charge in [-0.1, -0.05) is 57.2 Å². The highest BCUT2D eigenvalue weighted by atomic mass is 35.5. The summed E-state index contributed by atoms with van der Waals surface area (Å²) in [7, 11) is -3.69. The number of nitrogens with one attached hydrogen (secondary N) is 2. The molecule has 4 aromatic heterocycles. The zero-order valence-corrected chi connectivity index (χ0v) is 49.9. The second-order valence-corrected chi connectivity index (χ2v) is 21.1. The molecule has 0 spiro atoms. The minimum absolute atomic E-state index is 0. The van der Waals surface area contributed by atoms with E-state index in [9.17, 15) is 30.8 Å². The minimum atomic E-state index is -3.99. The van der Waals surface area contributed by atoms with Gasteiger partial charge in [0.25, 0.3) is 31.2 Å². The van der Waals surface area contributed by atoms with Crippen LogP contribution in [-0.2, 0) is 20.0 Å². The summed E-state index contributed by atoms with van der Waals surface area (Å²) in [6.45, 7) is 0. The van der Waals surface area contributed by atoms with Gasteiger partial charge >= 0.3 is 7.12 Å². The Labute approximate surface area is 487 Å². The fourth-order valence-corrected chi connectivity index (χ4v) is 10.6. The molecule has 2 atom stereocenters. The van der Waals surface area contributed by atoms with Crippen LogP contribution in [0.2, 0.25) is 15.1 Å². The van der Waals surface area contributed by atoms with Crippen molar-refractivity contribution in [1.82, 2.24) is 19.4 Å². The Morgan fingerprint density at radius 3 is 1.40 bits per heavy atom. The third-order valence-corrected chi connectivity index (χ3v) is 15.2. The molecule has 4 N–H and O–H groups in total. The largest absolute Gasteiger partial charge is 0.495 e. The number of rotatable bonds is 14. The number of benzene rings is 6. The van der Waals surface area contributed by atoms with E-state index in [0.29, 0.717) is 54.4 Å². The number of hydrogen-bond donors (Lipinski definition) is 4. The summed E-state index contributed by atoms with van der Waals surface area (Å²) in [5.41, 5.74) is 1.07. The van der Waals surface area contributed by atoms with Crippen LogP contribution in [0.3, 0.4) is 0 Å². The first kappa shape index (κ1) is 63.6. The molecule has 10 aromatic rings. The number of halogens is 5. The summed E-state index contributed by atoms with van der Waals surface area (Å²) in [5, 5.41) is 26.0. The van der Waals surface area contributed by atoms with Crippen molar-refractivity contribution in [3.63, 3.8) is 0 Å². The highest BCUT2D eigenvalue weighted by Gasteiger charge is 2.22. The third-order valence-electron chi connectivity index (χ3n) is 11.6. The molecule has 0 aliphatic rings. The van der Waals surface area contributed by atoms with Crippen molar-refractivity contribution >= 4 is 121 Å². The highest BCUT2D eigenvalue weighted by Crippen LogP contribution is 2.37. The van der Waals surface area contributed by atoms with Gasteiger partial charge in [0, 0.05) is 58.8 Å². The lowest BCUT2D eigenvalue weighted by Crippen LogP contribution is -2.29. The van der Waals surface area contributed by atoms with E-state index >= 15 is 4.39 Å². The number of anilines is 2. The van der Waals surface area contributed by atoms with Crippen LogP contribution < -0.4 is 45.0 Å². The van der Waals surface area contributed by atoms with Crippen molar-refractivity contribution < 1.29 is 63.7 Å². The summed E-state index contributed by atoms with van der Waals surface area (Å²) in [5.74, 6) is 0.0532. The molecule has 6 aromatic carbocycles. The number of hydrogen-bond acceptors (Lipinski definition) is 16. The fourth-order valence-electron chi connectivity index (χ4n) is 7.84. The van der Waals surface area contributed by atoms with Gasteiger partial charge in [0.1, 0.15) is 47.2 Å². The summed E-state index contributed by atoms with van der Waals surface area (Å²) in [4.78, 5) is 25.5. The molecule has 0 amide bonds. The van der Waals surface area contributed by atoms with Crippen LogP contribution in [0.25, 0.3) is 44.3 Å². The number of fused-ring (bicyclic) bond motifs is 2. The summed E-state index contributed by atoms with van der Waals surface area (Å²) < 4.78 is 118. The average Bonchev–Trinajstić information content (AvgIpc) is 4.19. The van der Waals surface area contributed by atoms with Crippen molar-refractivity contribution in [2.24, 2.45) is 0 Å². The number of methoxy groups -OCH3 is 4. The maximum absolute atomic E-state index is 15.4. The summed E-state index contributed by atoms with van der Waals surface area (Å²) >= 11 is 17.8. The Balaban J connectivity index is 0.000000219. The third kappa shape index (κ3) is 14.0. The first-order chi connectivity index (χ1) is 38.2. The first-order valence-corrected chi connectivity index (χ1v) is 26.9. The quantitative estimate of drug-likeness (QED) is 0.0584. The van der Waals surface area contributed by atoms with Crippen molar-refractivity contribution in [2.75, 3.05) is 37.9 Å². The van der Waals surface area contributed by atoms with Gasteiger partial charge in [-0.25, -0.2) is 25.6 Å². The first-order valence-electron chi connectivity index (χ1n) is 22.8. The van der Waals surface area contributed by atoms with Gasteiger partial charge in [-0.05, 0) is 89.9 Å². The minimum Gasteiger partial charge on any atom is -0.495 e. The molecule has 82 heavy (non-hydrogen) atoms. The Morgan fingerprint density at radius 1 is 0.524 bits per heavy atom. The van der Waals surface area contributed by atoms with Crippen molar-refractivity contribution in [2.45, 2.75) is 9.79 Å². The molecule has 20 nitrogen and oxygen atoms in total. The van der Waals surface area contributed by atoms with Crippen LogP contribution in [0.1, 0.15) is 0 Å². The normalized spacial score (nSPS) is 11.0. The zero-order chi connectivity index (χ0) is 57.6. The molecule has 0 radical (unpaired) electrons. The Hall–Kier alpha value is -7.57. The molecule has 10 rings (SSSR count). The summed E-state index contributed by atoms with van der Waals surface area (Å²) in [6, 6.07) is 30.9. The number of sulfonamides is 2. The topological polar surface area (TPSA) is 266 Å². The molecular formula is C52H46BCl3F2N6O14P2S2. The van der Waals surface area contributed by atoms with Crippen LogP contribution in [-0.4, -0.2) is 81.9 Å². The Kier molecular flexibility index (Phi) is 21.0. The van der Waals surface area contributed by atoms with E-state index in [2.05, 4.69) is 28.8 Å². The number of nitrogens with zero attached hydrogens (tertiary/aromatic N) is 4. The molecule has 0 saturated heterocycles. The molecule has 0 aliphatic carbocycles. The van der Waals surface area contributed by atoms with Crippen LogP contribution in [0, 0.1) is 11.6 Å². The maximum atomic E-state index is 15.4. The molecule has 0 bridgehead atoms. The fraction of sp³-hybridized carbons (Fsp3) is 0.0769. The van der Waals surface area contributed by atoms with E-state index in [1.165, 1.54) is 153 Å². The van der Waals surface area contributed by atoms with E-state index in [0.717, 1.165) is 6.07 Å². The lowest BCUT2D eigenvalue weighted by Gasteiger charge is -2.17. The molecule has 4 heterocycles. The van der Waals surface area contributed by atoms with Crippen LogP contribution in [0.5, 0.6) is 23.0 Å². The number of aromatic nitrogens is 4. The number of ether oxygens (including phenoxy) is 4. The lowest BCUT2D eigenvalue weighted by molar-refractivity contribution is 0.411. The molecule has 0 aliphatic heterocycles. The van der Waals surface area contributed by atoms with Crippen molar-refractivity contribution in [3.05, 3.63) is 193 Å². The van der Waals surface area contributed by atoms with Gasteiger partial charge in [0.2, 0.25) is 0 Å². The van der Waals surface area contributed by atoms with Crippen LogP contribution in [0.4, 0.5) is 20.4 Å². The molecule has 0 saturated carbocycles. The Morgan fingerprint density at radius 2 is 0.976 bits per heavy atom. The van der Waals surface area contributed by atoms with Gasteiger partial charge in [0.15, 0.2) is 11.6 Å². The monoisotopic (exact) mass is 1260 g/mol. The van der Waals surface area contributed by atoms with E-state index in [1.54, 1.807) is 24.3 Å². The average molecular weight is 1260 g/mol. The Bertz CT molecular complexity index is 4300. The molecule has 428 valence electrons. The second kappa shape index (κ2) is 27.0. The lowest BCUT2D eigenvalue weighted by atomic mass is 9.80. The van der Waals surface area contributed by atoms with E-state index < -0.39 is 49.9 Å². The molecule has 30 heteroatoms.